The van der Waals surface area contributed by atoms with Crippen LogP contribution < -0.4 is 5.73 Å². The van der Waals surface area contributed by atoms with Crippen LogP contribution in [0.25, 0.3) is 5.65 Å². The van der Waals surface area contributed by atoms with Crippen molar-refractivity contribution in [3.63, 3.8) is 0 Å². The Morgan fingerprint density at radius 3 is 2.90 bits per heavy atom. The SMILES string of the molecule is CCCC(N)c1cn(Cc2cn3cc(C)ccc3n2)nn1. The molecule has 0 aliphatic rings. The Morgan fingerprint density at radius 1 is 1.24 bits per heavy atom. The van der Waals surface area contributed by atoms with Crippen molar-refractivity contribution in [3.8, 4) is 0 Å². The highest BCUT2D eigenvalue weighted by Crippen LogP contribution is 2.13. The fourth-order valence-electron chi connectivity index (χ4n) is 2.42. The third kappa shape index (κ3) is 2.95. The first kappa shape index (κ1) is 13.8. The van der Waals surface area contributed by atoms with Gasteiger partial charge in [0.2, 0.25) is 0 Å². The maximum absolute atomic E-state index is 6.05. The minimum absolute atomic E-state index is 0.0348. The van der Waals surface area contributed by atoms with Crippen LogP contribution in [-0.4, -0.2) is 24.4 Å². The quantitative estimate of drug-likeness (QED) is 0.778. The number of aryl methyl sites for hydroxylation is 1. The molecular formula is C15H20N6. The zero-order valence-electron chi connectivity index (χ0n) is 12.4. The summed E-state index contributed by atoms with van der Waals surface area (Å²) in [5.74, 6) is 0. The molecule has 0 saturated heterocycles. The predicted molar refractivity (Wildman–Crippen MR) is 80.9 cm³/mol. The summed E-state index contributed by atoms with van der Waals surface area (Å²) in [7, 11) is 0. The van der Waals surface area contributed by atoms with E-state index in [0.29, 0.717) is 6.54 Å². The van der Waals surface area contributed by atoms with Crippen LogP contribution in [-0.2, 0) is 6.54 Å². The van der Waals surface area contributed by atoms with Crippen molar-refractivity contribution in [3.05, 3.63) is 47.7 Å². The average Bonchev–Trinajstić information content (AvgIpc) is 3.05. The monoisotopic (exact) mass is 284 g/mol. The Bertz CT molecular complexity index is 742. The zero-order valence-corrected chi connectivity index (χ0v) is 12.4. The van der Waals surface area contributed by atoms with E-state index in [0.717, 1.165) is 29.9 Å². The minimum Gasteiger partial charge on any atom is -0.323 e. The molecule has 0 amide bonds. The summed E-state index contributed by atoms with van der Waals surface area (Å²) in [5, 5.41) is 8.29. The lowest BCUT2D eigenvalue weighted by molar-refractivity contribution is 0.616. The molecule has 0 radical (unpaired) electrons. The zero-order chi connectivity index (χ0) is 14.8. The summed E-state index contributed by atoms with van der Waals surface area (Å²) in [4.78, 5) is 4.58. The third-order valence-corrected chi connectivity index (χ3v) is 3.51. The van der Waals surface area contributed by atoms with Gasteiger partial charge in [-0.3, -0.25) is 0 Å². The second kappa shape index (κ2) is 5.65. The molecule has 2 N–H and O–H groups in total. The van der Waals surface area contributed by atoms with E-state index in [-0.39, 0.29) is 6.04 Å². The van der Waals surface area contributed by atoms with Crippen molar-refractivity contribution < 1.29 is 0 Å². The molecule has 1 unspecified atom stereocenters. The summed E-state index contributed by atoms with van der Waals surface area (Å²) < 4.78 is 3.82. The molecular weight excluding hydrogens is 264 g/mol. The lowest BCUT2D eigenvalue weighted by Crippen LogP contribution is -2.10. The summed E-state index contributed by atoms with van der Waals surface area (Å²) in [6, 6.07) is 4.04. The molecule has 3 aromatic rings. The van der Waals surface area contributed by atoms with E-state index in [4.69, 9.17) is 5.73 Å². The van der Waals surface area contributed by atoms with E-state index in [9.17, 15) is 0 Å². The lowest BCUT2D eigenvalue weighted by atomic mass is 10.1. The highest BCUT2D eigenvalue weighted by Gasteiger charge is 2.10. The van der Waals surface area contributed by atoms with Crippen molar-refractivity contribution in [2.24, 2.45) is 5.73 Å². The van der Waals surface area contributed by atoms with Gasteiger partial charge < -0.3 is 10.1 Å². The van der Waals surface area contributed by atoms with Gasteiger partial charge in [0.25, 0.3) is 0 Å². The van der Waals surface area contributed by atoms with Crippen LogP contribution in [0.3, 0.4) is 0 Å². The molecule has 0 aliphatic carbocycles. The molecule has 21 heavy (non-hydrogen) atoms. The van der Waals surface area contributed by atoms with Crippen LogP contribution in [0, 0.1) is 6.92 Å². The van der Waals surface area contributed by atoms with E-state index in [1.165, 1.54) is 5.56 Å². The van der Waals surface area contributed by atoms with Gasteiger partial charge >= 0.3 is 0 Å². The molecule has 0 aromatic carbocycles. The van der Waals surface area contributed by atoms with Crippen LogP contribution in [0.15, 0.2) is 30.7 Å². The number of fused-ring (bicyclic) bond motifs is 1. The summed E-state index contributed by atoms with van der Waals surface area (Å²) >= 11 is 0. The van der Waals surface area contributed by atoms with Gasteiger partial charge in [0.1, 0.15) is 5.65 Å². The Labute approximate surface area is 123 Å². The molecule has 3 heterocycles. The van der Waals surface area contributed by atoms with Crippen molar-refractivity contribution >= 4 is 5.65 Å². The molecule has 0 aliphatic heterocycles. The van der Waals surface area contributed by atoms with Crippen LogP contribution >= 0.6 is 0 Å². The molecule has 0 bridgehead atoms. The number of hydrogen-bond donors (Lipinski definition) is 1. The van der Waals surface area contributed by atoms with Gasteiger partial charge in [-0.1, -0.05) is 24.6 Å². The van der Waals surface area contributed by atoms with Gasteiger partial charge in [-0.15, -0.1) is 5.10 Å². The summed E-state index contributed by atoms with van der Waals surface area (Å²) in [5.41, 5.74) is 10.0. The second-order valence-corrected chi connectivity index (χ2v) is 5.44. The number of aromatic nitrogens is 5. The predicted octanol–water partition coefficient (Wildman–Crippen LogP) is 2.08. The van der Waals surface area contributed by atoms with Crippen molar-refractivity contribution in [2.45, 2.75) is 39.3 Å². The molecule has 110 valence electrons. The Hall–Kier alpha value is -2.21. The highest BCUT2D eigenvalue weighted by molar-refractivity contribution is 5.41. The number of nitrogens with two attached hydrogens (primary N) is 1. The molecule has 0 saturated carbocycles. The Morgan fingerprint density at radius 2 is 2.10 bits per heavy atom. The molecule has 3 aromatic heterocycles. The average molecular weight is 284 g/mol. The van der Waals surface area contributed by atoms with Crippen molar-refractivity contribution in [1.82, 2.24) is 24.4 Å². The Balaban J connectivity index is 1.78. The van der Waals surface area contributed by atoms with Gasteiger partial charge in [-0.25, -0.2) is 9.67 Å². The first-order chi connectivity index (χ1) is 10.2. The maximum Gasteiger partial charge on any atom is 0.137 e. The smallest absolute Gasteiger partial charge is 0.137 e. The minimum atomic E-state index is -0.0348. The van der Waals surface area contributed by atoms with E-state index in [1.54, 1.807) is 4.68 Å². The molecule has 6 heteroatoms. The number of nitrogens with zero attached hydrogens (tertiary/aromatic N) is 5. The number of imidazole rings is 1. The Kier molecular flexibility index (Phi) is 3.70. The first-order valence-electron chi connectivity index (χ1n) is 7.25. The van der Waals surface area contributed by atoms with E-state index < -0.39 is 0 Å². The maximum atomic E-state index is 6.05. The topological polar surface area (TPSA) is 74.0 Å². The van der Waals surface area contributed by atoms with Crippen LogP contribution in [0.4, 0.5) is 0 Å². The number of rotatable bonds is 5. The molecule has 1 atom stereocenters. The van der Waals surface area contributed by atoms with Crippen LogP contribution in [0.2, 0.25) is 0 Å². The highest BCUT2D eigenvalue weighted by atomic mass is 15.4. The van der Waals surface area contributed by atoms with Gasteiger partial charge in [0, 0.05) is 12.4 Å². The van der Waals surface area contributed by atoms with Crippen LogP contribution in [0.5, 0.6) is 0 Å². The fourth-order valence-corrected chi connectivity index (χ4v) is 2.42. The van der Waals surface area contributed by atoms with Gasteiger partial charge in [-0.2, -0.15) is 0 Å². The van der Waals surface area contributed by atoms with Crippen molar-refractivity contribution in [2.75, 3.05) is 0 Å². The second-order valence-electron chi connectivity index (χ2n) is 5.44. The number of pyridine rings is 1. The lowest BCUT2D eigenvalue weighted by Gasteiger charge is -2.04. The molecule has 0 fully saturated rings. The summed E-state index contributed by atoms with van der Waals surface area (Å²) in [6.07, 6.45) is 7.97. The van der Waals surface area contributed by atoms with E-state index in [1.807, 2.05) is 22.9 Å². The van der Waals surface area contributed by atoms with E-state index >= 15 is 0 Å². The molecule has 0 spiro atoms. The third-order valence-electron chi connectivity index (χ3n) is 3.51. The van der Waals surface area contributed by atoms with Gasteiger partial charge in [0.05, 0.1) is 30.2 Å². The van der Waals surface area contributed by atoms with Gasteiger partial charge in [-0.05, 0) is 25.0 Å². The fraction of sp³-hybridized carbons (Fsp3) is 0.400. The largest absolute Gasteiger partial charge is 0.323 e. The number of hydrogen-bond acceptors (Lipinski definition) is 4. The molecule has 6 nitrogen and oxygen atoms in total. The van der Waals surface area contributed by atoms with Gasteiger partial charge in [0.15, 0.2) is 0 Å². The summed E-state index contributed by atoms with van der Waals surface area (Å²) in [6.45, 7) is 4.79. The standard InChI is InChI=1S/C15H20N6/c1-3-4-13(16)14-10-21(19-18-14)9-12-8-20-7-11(2)5-6-15(20)17-12/h5-8,10,13H,3-4,9,16H2,1-2H3. The van der Waals surface area contributed by atoms with Crippen LogP contribution in [0.1, 0.15) is 42.8 Å². The van der Waals surface area contributed by atoms with Crippen molar-refractivity contribution in [1.29, 1.82) is 0 Å². The first-order valence-corrected chi connectivity index (χ1v) is 7.25. The normalized spacial score (nSPS) is 12.9. The molecule has 3 rings (SSSR count). The van der Waals surface area contributed by atoms with E-state index in [2.05, 4.69) is 41.4 Å².